The third-order valence-electron chi connectivity index (χ3n) is 2.84. The monoisotopic (exact) mass is 257 g/mol. The van der Waals surface area contributed by atoms with Crippen LogP contribution in [0.15, 0.2) is 41.7 Å². The molecule has 0 spiro atoms. The molecule has 0 radical (unpaired) electrons. The second-order valence-electron chi connectivity index (χ2n) is 4.22. The first-order valence-electron chi connectivity index (χ1n) is 5.79. The lowest BCUT2D eigenvalue weighted by Gasteiger charge is -2.07. The van der Waals surface area contributed by atoms with E-state index in [-0.39, 0.29) is 5.84 Å². The molecule has 1 heterocycles. The van der Waals surface area contributed by atoms with E-state index >= 15 is 0 Å². The molecule has 0 unspecified atom stereocenters. The Kier molecular flexibility index (Phi) is 3.66. The third kappa shape index (κ3) is 3.01. The summed E-state index contributed by atoms with van der Waals surface area (Å²) in [5.74, 6) is 1.20. The van der Waals surface area contributed by atoms with Gasteiger partial charge in [0.1, 0.15) is 5.75 Å². The zero-order chi connectivity index (χ0) is 13.8. The second kappa shape index (κ2) is 5.39. The van der Waals surface area contributed by atoms with Crippen molar-refractivity contribution < 1.29 is 9.94 Å². The molecule has 98 valence electrons. The van der Waals surface area contributed by atoms with Crippen LogP contribution in [-0.2, 0) is 0 Å². The van der Waals surface area contributed by atoms with E-state index in [0.717, 1.165) is 11.3 Å². The highest BCUT2D eigenvalue weighted by atomic mass is 16.5. The zero-order valence-corrected chi connectivity index (χ0v) is 10.8. The number of hydrogen-bond acceptors (Lipinski definition) is 4. The number of hydrogen-bond donors (Lipinski definition) is 2. The average molecular weight is 257 g/mol. The van der Waals surface area contributed by atoms with Crippen molar-refractivity contribution in [3.8, 4) is 11.6 Å². The molecular weight excluding hydrogens is 242 g/mol. The molecule has 2 rings (SSSR count). The van der Waals surface area contributed by atoms with Crippen LogP contribution in [0, 0.1) is 13.8 Å². The fourth-order valence-electron chi connectivity index (χ4n) is 1.55. The number of aryl methyl sites for hydroxylation is 2. The smallest absolute Gasteiger partial charge is 0.219 e. The first-order chi connectivity index (χ1) is 9.10. The molecule has 1 aromatic heterocycles. The van der Waals surface area contributed by atoms with E-state index in [0.29, 0.717) is 11.4 Å². The summed E-state index contributed by atoms with van der Waals surface area (Å²) in [5, 5.41) is 11.5. The minimum Gasteiger partial charge on any atom is -0.439 e. The Morgan fingerprint density at radius 1 is 1.21 bits per heavy atom. The lowest BCUT2D eigenvalue weighted by Crippen LogP contribution is -2.13. The van der Waals surface area contributed by atoms with E-state index in [1.54, 1.807) is 12.1 Å². The highest BCUT2D eigenvalue weighted by Gasteiger charge is 2.03. The molecule has 0 amide bonds. The van der Waals surface area contributed by atoms with Gasteiger partial charge in [-0.25, -0.2) is 4.98 Å². The molecule has 0 atom stereocenters. The molecule has 0 aliphatic heterocycles. The number of pyridine rings is 1. The fraction of sp³-hybridized carbons (Fsp3) is 0.143. The summed E-state index contributed by atoms with van der Waals surface area (Å²) in [5.41, 5.74) is 8.36. The Balaban J connectivity index is 2.17. The Hall–Kier alpha value is -2.56. The summed E-state index contributed by atoms with van der Waals surface area (Å²) in [6.45, 7) is 4.07. The van der Waals surface area contributed by atoms with E-state index in [1.807, 2.05) is 32.0 Å². The highest BCUT2D eigenvalue weighted by molar-refractivity contribution is 5.96. The second-order valence-corrected chi connectivity index (χ2v) is 4.22. The van der Waals surface area contributed by atoms with Crippen LogP contribution in [0.4, 0.5) is 0 Å². The van der Waals surface area contributed by atoms with Crippen molar-refractivity contribution in [2.75, 3.05) is 0 Å². The maximum absolute atomic E-state index is 8.55. The SMILES string of the molecule is Cc1ccc(Oc2ccc(/C(N)=N/O)cn2)cc1C. The number of ether oxygens (including phenoxy) is 1. The summed E-state index contributed by atoms with van der Waals surface area (Å²) < 4.78 is 5.63. The van der Waals surface area contributed by atoms with Gasteiger partial charge in [-0.3, -0.25) is 0 Å². The largest absolute Gasteiger partial charge is 0.439 e. The number of amidine groups is 1. The molecule has 5 heteroatoms. The molecule has 3 N–H and O–H groups in total. The molecule has 0 aliphatic carbocycles. The van der Waals surface area contributed by atoms with Gasteiger partial charge in [-0.2, -0.15) is 0 Å². The first-order valence-corrected chi connectivity index (χ1v) is 5.79. The summed E-state index contributed by atoms with van der Waals surface area (Å²) in [6.07, 6.45) is 1.49. The maximum Gasteiger partial charge on any atom is 0.219 e. The van der Waals surface area contributed by atoms with Crippen LogP contribution in [0.25, 0.3) is 0 Å². The molecule has 0 saturated carbocycles. The predicted octanol–water partition coefficient (Wildman–Crippen LogP) is 2.59. The predicted molar refractivity (Wildman–Crippen MR) is 72.7 cm³/mol. The highest BCUT2D eigenvalue weighted by Crippen LogP contribution is 2.22. The number of benzene rings is 1. The summed E-state index contributed by atoms with van der Waals surface area (Å²) in [7, 11) is 0. The van der Waals surface area contributed by atoms with Gasteiger partial charge in [-0.1, -0.05) is 11.2 Å². The normalized spacial score (nSPS) is 11.4. The van der Waals surface area contributed by atoms with Crippen LogP contribution in [-0.4, -0.2) is 16.0 Å². The molecule has 2 aromatic rings. The molecule has 5 nitrogen and oxygen atoms in total. The molecular formula is C14H15N3O2. The zero-order valence-electron chi connectivity index (χ0n) is 10.8. The van der Waals surface area contributed by atoms with Gasteiger partial charge < -0.3 is 15.7 Å². The standard InChI is InChI=1S/C14H15N3O2/c1-9-3-5-12(7-10(9)2)19-13-6-4-11(8-16-13)14(15)17-18/h3-8,18H,1-2H3,(H2,15,17). The van der Waals surface area contributed by atoms with Crippen molar-refractivity contribution in [1.82, 2.24) is 4.98 Å². The van der Waals surface area contributed by atoms with Gasteiger partial charge in [-0.15, -0.1) is 0 Å². The Labute approximate surface area is 111 Å². The quantitative estimate of drug-likeness (QED) is 0.383. The lowest BCUT2D eigenvalue weighted by molar-refractivity contribution is 0.318. The average Bonchev–Trinajstić information content (AvgIpc) is 2.43. The summed E-state index contributed by atoms with van der Waals surface area (Å²) in [4.78, 5) is 4.10. The molecule has 0 saturated heterocycles. The van der Waals surface area contributed by atoms with Crippen LogP contribution in [0.1, 0.15) is 16.7 Å². The van der Waals surface area contributed by atoms with Crippen molar-refractivity contribution in [1.29, 1.82) is 0 Å². The van der Waals surface area contributed by atoms with Crippen LogP contribution in [0.3, 0.4) is 0 Å². The van der Waals surface area contributed by atoms with Gasteiger partial charge in [0.2, 0.25) is 5.88 Å². The first kappa shape index (κ1) is 12.9. The van der Waals surface area contributed by atoms with E-state index in [1.165, 1.54) is 11.8 Å². The van der Waals surface area contributed by atoms with E-state index < -0.39 is 0 Å². The molecule has 0 bridgehead atoms. The number of nitrogens with zero attached hydrogens (tertiary/aromatic N) is 2. The minimum absolute atomic E-state index is 0.0187. The van der Waals surface area contributed by atoms with Crippen LogP contribution >= 0.6 is 0 Å². The van der Waals surface area contributed by atoms with E-state index in [4.69, 9.17) is 15.7 Å². The Bertz CT molecular complexity index is 607. The number of rotatable bonds is 3. The van der Waals surface area contributed by atoms with Crippen molar-refractivity contribution in [2.24, 2.45) is 10.9 Å². The Morgan fingerprint density at radius 2 is 2.00 bits per heavy atom. The van der Waals surface area contributed by atoms with Gasteiger partial charge in [0, 0.05) is 17.8 Å². The minimum atomic E-state index is 0.0187. The van der Waals surface area contributed by atoms with Crippen molar-refractivity contribution in [3.05, 3.63) is 53.2 Å². The summed E-state index contributed by atoms with van der Waals surface area (Å²) >= 11 is 0. The summed E-state index contributed by atoms with van der Waals surface area (Å²) in [6, 6.07) is 9.19. The van der Waals surface area contributed by atoms with Crippen molar-refractivity contribution in [3.63, 3.8) is 0 Å². The van der Waals surface area contributed by atoms with Crippen molar-refractivity contribution >= 4 is 5.84 Å². The van der Waals surface area contributed by atoms with Crippen LogP contribution in [0.2, 0.25) is 0 Å². The van der Waals surface area contributed by atoms with Gasteiger partial charge in [0.15, 0.2) is 5.84 Å². The van der Waals surface area contributed by atoms with Crippen LogP contribution < -0.4 is 10.5 Å². The van der Waals surface area contributed by atoms with E-state index in [9.17, 15) is 0 Å². The molecule has 0 aliphatic rings. The van der Waals surface area contributed by atoms with Crippen molar-refractivity contribution in [2.45, 2.75) is 13.8 Å². The number of oxime groups is 1. The van der Waals surface area contributed by atoms with Gasteiger partial charge >= 0.3 is 0 Å². The fourth-order valence-corrected chi connectivity index (χ4v) is 1.55. The molecule has 0 fully saturated rings. The van der Waals surface area contributed by atoms with Crippen LogP contribution in [0.5, 0.6) is 11.6 Å². The topological polar surface area (TPSA) is 80.7 Å². The van der Waals surface area contributed by atoms with Gasteiger partial charge in [-0.05, 0) is 43.2 Å². The molecule has 19 heavy (non-hydrogen) atoms. The van der Waals surface area contributed by atoms with Gasteiger partial charge in [0.05, 0.1) is 0 Å². The van der Waals surface area contributed by atoms with E-state index in [2.05, 4.69) is 10.1 Å². The maximum atomic E-state index is 8.55. The van der Waals surface area contributed by atoms with Gasteiger partial charge in [0.25, 0.3) is 0 Å². The molecule has 1 aromatic carbocycles. The number of aromatic nitrogens is 1. The third-order valence-corrected chi connectivity index (χ3v) is 2.84. The lowest BCUT2D eigenvalue weighted by atomic mass is 10.1. The Morgan fingerprint density at radius 3 is 2.58 bits per heavy atom. The number of nitrogens with two attached hydrogens (primary N) is 1.